The molecule has 1 aromatic carbocycles. The number of nitrogens with zero attached hydrogens (tertiary/aromatic N) is 1. The van der Waals surface area contributed by atoms with Crippen LogP contribution in [-0.2, 0) is 5.41 Å². The van der Waals surface area contributed by atoms with Crippen molar-refractivity contribution in [3.8, 4) is 6.07 Å². The van der Waals surface area contributed by atoms with Gasteiger partial charge in [-0.3, -0.25) is 0 Å². The maximum Gasteiger partial charge on any atom is 0.0842 e. The molecule has 0 bridgehead atoms. The van der Waals surface area contributed by atoms with Gasteiger partial charge < -0.3 is 5.73 Å². The fourth-order valence-corrected chi connectivity index (χ4v) is 2.07. The van der Waals surface area contributed by atoms with Crippen molar-refractivity contribution in [1.82, 2.24) is 0 Å². The molecule has 2 heteroatoms. The number of aryl methyl sites for hydroxylation is 1. The Morgan fingerprint density at radius 1 is 1.43 bits per heavy atom. The van der Waals surface area contributed by atoms with Gasteiger partial charge in [-0.15, -0.1) is 0 Å². The Balaban J connectivity index is 2.51. The van der Waals surface area contributed by atoms with Gasteiger partial charge in [0.05, 0.1) is 11.5 Å². The molecule has 1 aliphatic carbocycles. The molecule has 1 saturated carbocycles. The van der Waals surface area contributed by atoms with Crippen molar-refractivity contribution in [3.63, 3.8) is 0 Å². The standard InChI is InChI=1S/C12H14N2/c1-9-4-2-5-10(11(9)14)12(8-13)6-3-7-12/h2,4-5H,3,6-7,14H2,1H3. The lowest BCUT2D eigenvalue weighted by molar-refractivity contribution is 0.325. The van der Waals surface area contributed by atoms with Crippen LogP contribution in [-0.4, -0.2) is 0 Å². The predicted molar refractivity (Wildman–Crippen MR) is 56.7 cm³/mol. The van der Waals surface area contributed by atoms with E-state index >= 15 is 0 Å². The van der Waals surface area contributed by atoms with Gasteiger partial charge in [-0.25, -0.2) is 0 Å². The number of hydrogen-bond acceptors (Lipinski definition) is 2. The molecule has 14 heavy (non-hydrogen) atoms. The molecule has 0 radical (unpaired) electrons. The second-order valence-electron chi connectivity index (χ2n) is 4.08. The van der Waals surface area contributed by atoms with Gasteiger partial charge in [0.1, 0.15) is 0 Å². The van der Waals surface area contributed by atoms with Crippen molar-refractivity contribution in [1.29, 1.82) is 5.26 Å². The quantitative estimate of drug-likeness (QED) is 0.685. The Morgan fingerprint density at radius 3 is 2.64 bits per heavy atom. The average Bonchev–Trinajstić information content (AvgIpc) is 2.11. The predicted octanol–water partition coefficient (Wildman–Crippen LogP) is 2.52. The zero-order valence-corrected chi connectivity index (χ0v) is 8.38. The molecular weight excluding hydrogens is 172 g/mol. The normalized spacial score (nSPS) is 18.3. The third kappa shape index (κ3) is 1.09. The van der Waals surface area contributed by atoms with Gasteiger partial charge in [0.2, 0.25) is 0 Å². The molecule has 1 aromatic rings. The zero-order chi connectivity index (χ0) is 10.2. The second-order valence-corrected chi connectivity index (χ2v) is 4.08. The van der Waals surface area contributed by atoms with Crippen molar-refractivity contribution >= 4 is 5.69 Å². The molecule has 0 spiro atoms. The highest BCUT2D eigenvalue weighted by molar-refractivity contribution is 5.59. The molecule has 1 fully saturated rings. The lowest BCUT2D eigenvalue weighted by atomic mass is 9.65. The van der Waals surface area contributed by atoms with Crippen molar-refractivity contribution in [2.75, 3.05) is 5.73 Å². The lowest BCUT2D eigenvalue weighted by Gasteiger charge is -2.36. The van der Waals surface area contributed by atoms with Crippen molar-refractivity contribution < 1.29 is 0 Å². The van der Waals surface area contributed by atoms with E-state index < -0.39 is 0 Å². The topological polar surface area (TPSA) is 49.8 Å². The SMILES string of the molecule is Cc1cccc(C2(C#N)CCC2)c1N. The van der Waals surface area contributed by atoms with Crippen LogP contribution in [0.15, 0.2) is 18.2 Å². The van der Waals surface area contributed by atoms with Crippen LogP contribution in [0.3, 0.4) is 0 Å². The first-order chi connectivity index (χ1) is 6.69. The Labute approximate surface area is 84.3 Å². The Hall–Kier alpha value is -1.49. The summed E-state index contributed by atoms with van der Waals surface area (Å²) in [4.78, 5) is 0. The first-order valence-corrected chi connectivity index (χ1v) is 4.96. The monoisotopic (exact) mass is 186 g/mol. The molecule has 1 aliphatic rings. The number of para-hydroxylation sites is 1. The summed E-state index contributed by atoms with van der Waals surface area (Å²) in [6.07, 6.45) is 3.05. The number of hydrogen-bond donors (Lipinski definition) is 1. The third-order valence-electron chi connectivity index (χ3n) is 3.26. The molecule has 0 heterocycles. The molecule has 0 amide bonds. The maximum absolute atomic E-state index is 9.20. The summed E-state index contributed by atoms with van der Waals surface area (Å²) in [5, 5.41) is 9.20. The fourth-order valence-electron chi connectivity index (χ4n) is 2.07. The summed E-state index contributed by atoms with van der Waals surface area (Å²) in [6, 6.07) is 8.38. The van der Waals surface area contributed by atoms with Gasteiger partial charge in [0.25, 0.3) is 0 Å². The van der Waals surface area contributed by atoms with E-state index in [4.69, 9.17) is 5.73 Å². The second kappa shape index (κ2) is 3.02. The van der Waals surface area contributed by atoms with Gasteiger partial charge >= 0.3 is 0 Å². The molecule has 0 unspecified atom stereocenters. The highest BCUT2D eigenvalue weighted by atomic mass is 14.6. The highest BCUT2D eigenvalue weighted by Gasteiger charge is 2.40. The Morgan fingerprint density at radius 2 is 2.14 bits per heavy atom. The van der Waals surface area contributed by atoms with Gasteiger partial charge in [-0.05, 0) is 37.3 Å². The van der Waals surface area contributed by atoms with Crippen LogP contribution in [0.1, 0.15) is 30.4 Å². The number of anilines is 1. The van der Waals surface area contributed by atoms with E-state index in [1.165, 1.54) is 0 Å². The van der Waals surface area contributed by atoms with Gasteiger partial charge in [-0.1, -0.05) is 18.2 Å². The van der Waals surface area contributed by atoms with Crippen LogP contribution < -0.4 is 5.73 Å². The number of benzene rings is 1. The zero-order valence-electron chi connectivity index (χ0n) is 8.38. The van der Waals surface area contributed by atoms with Crippen LogP contribution in [0.5, 0.6) is 0 Å². The molecule has 2 rings (SSSR count). The molecule has 0 saturated heterocycles. The van der Waals surface area contributed by atoms with E-state index in [0.717, 1.165) is 36.1 Å². The first kappa shape index (κ1) is 9.08. The Kier molecular flexibility index (Phi) is 1.96. The van der Waals surface area contributed by atoms with E-state index in [1.807, 2.05) is 25.1 Å². The number of nitriles is 1. The van der Waals surface area contributed by atoms with E-state index in [2.05, 4.69) is 6.07 Å². The summed E-state index contributed by atoms with van der Waals surface area (Å²) in [6.45, 7) is 1.99. The molecule has 2 N–H and O–H groups in total. The third-order valence-corrected chi connectivity index (χ3v) is 3.26. The Bertz CT molecular complexity index is 397. The van der Waals surface area contributed by atoms with Crippen LogP contribution in [0.2, 0.25) is 0 Å². The number of nitrogens with two attached hydrogens (primary N) is 1. The minimum Gasteiger partial charge on any atom is -0.398 e. The minimum atomic E-state index is -0.282. The smallest absolute Gasteiger partial charge is 0.0842 e. The van der Waals surface area contributed by atoms with Crippen molar-refractivity contribution in [3.05, 3.63) is 29.3 Å². The summed E-state index contributed by atoms with van der Waals surface area (Å²) in [7, 11) is 0. The van der Waals surface area contributed by atoms with Crippen LogP contribution in [0.4, 0.5) is 5.69 Å². The molecule has 72 valence electrons. The molecule has 0 aliphatic heterocycles. The van der Waals surface area contributed by atoms with Crippen LogP contribution >= 0.6 is 0 Å². The number of rotatable bonds is 1. The fraction of sp³-hybridized carbons (Fsp3) is 0.417. The highest BCUT2D eigenvalue weighted by Crippen LogP contribution is 2.45. The van der Waals surface area contributed by atoms with E-state index in [1.54, 1.807) is 0 Å². The largest absolute Gasteiger partial charge is 0.398 e. The van der Waals surface area contributed by atoms with Crippen molar-refractivity contribution in [2.45, 2.75) is 31.6 Å². The average molecular weight is 186 g/mol. The van der Waals surface area contributed by atoms with Gasteiger partial charge in [0.15, 0.2) is 0 Å². The molecule has 0 atom stereocenters. The van der Waals surface area contributed by atoms with E-state index in [-0.39, 0.29) is 5.41 Å². The maximum atomic E-state index is 9.20. The summed E-state index contributed by atoms with van der Waals surface area (Å²) < 4.78 is 0. The first-order valence-electron chi connectivity index (χ1n) is 4.96. The van der Waals surface area contributed by atoms with Crippen LogP contribution in [0, 0.1) is 18.3 Å². The lowest BCUT2D eigenvalue weighted by Crippen LogP contribution is -2.33. The molecule has 0 aromatic heterocycles. The molecule has 2 nitrogen and oxygen atoms in total. The van der Waals surface area contributed by atoms with Crippen molar-refractivity contribution in [2.24, 2.45) is 0 Å². The number of nitrogen functional groups attached to an aromatic ring is 1. The minimum absolute atomic E-state index is 0.282. The van der Waals surface area contributed by atoms with E-state index in [9.17, 15) is 5.26 Å². The summed E-state index contributed by atoms with van der Waals surface area (Å²) in [5.41, 5.74) is 8.63. The molecular formula is C12H14N2. The summed E-state index contributed by atoms with van der Waals surface area (Å²) in [5.74, 6) is 0. The van der Waals surface area contributed by atoms with Gasteiger partial charge in [0, 0.05) is 5.69 Å². The van der Waals surface area contributed by atoms with E-state index in [0.29, 0.717) is 0 Å². The van der Waals surface area contributed by atoms with Crippen LogP contribution in [0.25, 0.3) is 0 Å². The summed E-state index contributed by atoms with van der Waals surface area (Å²) >= 11 is 0. The van der Waals surface area contributed by atoms with Gasteiger partial charge in [-0.2, -0.15) is 5.26 Å².